The Morgan fingerprint density at radius 3 is 2.71 bits per heavy atom. The van der Waals surface area contributed by atoms with E-state index in [0.29, 0.717) is 23.7 Å². The van der Waals surface area contributed by atoms with Crippen LogP contribution in [0.4, 0.5) is 18.3 Å². The Bertz CT molecular complexity index is 805. The van der Waals surface area contributed by atoms with Gasteiger partial charge in [-0.15, -0.1) is 22.7 Å². The van der Waals surface area contributed by atoms with Gasteiger partial charge in [-0.2, -0.15) is 13.2 Å². The molecule has 0 radical (unpaired) electrons. The zero-order valence-electron chi connectivity index (χ0n) is 14.9. The highest BCUT2D eigenvalue weighted by Crippen LogP contribution is 2.37. The average molecular weight is 432 g/mol. The molecule has 5 nitrogen and oxygen atoms in total. The fourth-order valence-electron chi connectivity index (χ4n) is 3.24. The second-order valence-corrected chi connectivity index (χ2v) is 8.69. The summed E-state index contributed by atoms with van der Waals surface area (Å²) in [5.41, 5.74) is 0.483. The van der Waals surface area contributed by atoms with E-state index in [1.54, 1.807) is 5.38 Å². The maximum atomic E-state index is 12.9. The highest BCUT2D eigenvalue weighted by molar-refractivity contribution is 7.14. The van der Waals surface area contributed by atoms with Crippen molar-refractivity contribution in [1.29, 1.82) is 0 Å². The van der Waals surface area contributed by atoms with E-state index in [-0.39, 0.29) is 37.5 Å². The van der Waals surface area contributed by atoms with E-state index in [1.165, 1.54) is 22.7 Å². The SMILES string of the molecule is O=C(Cc1cccs1)Nc1nc(CC(=O)NC2CCCC(C(F)(F)F)C2)cs1. The lowest BCUT2D eigenvalue weighted by Crippen LogP contribution is -2.42. The molecule has 0 spiro atoms. The molecule has 3 rings (SSSR count). The van der Waals surface area contributed by atoms with E-state index < -0.39 is 18.1 Å². The number of alkyl halides is 3. The van der Waals surface area contributed by atoms with E-state index in [9.17, 15) is 22.8 Å². The number of amides is 2. The van der Waals surface area contributed by atoms with Crippen molar-refractivity contribution in [2.24, 2.45) is 5.92 Å². The molecule has 0 aromatic carbocycles. The minimum absolute atomic E-state index is 0.0233. The van der Waals surface area contributed by atoms with Crippen molar-refractivity contribution in [3.8, 4) is 0 Å². The highest BCUT2D eigenvalue weighted by Gasteiger charge is 2.42. The molecule has 2 aromatic rings. The van der Waals surface area contributed by atoms with Gasteiger partial charge in [-0.25, -0.2) is 4.98 Å². The molecule has 2 N–H and O–H groups in total. The van der Waals surface area contributed by atoms with E-state index in [1.807, 2.05) is 17.5 Å². The first-order chi connectivity index (χ1) is 13.3. The van der Waals surface area contributed by atoms with Gasteiger partial charge in [-0.05, 0) is 30.7 Å². The van der Waals surface area contributed by atoms with Crippen molar-refractivity contribution >= 4 is 39.6 Å². The summed E-state index contributed by atoms with van der Waals surface area (Å²) < 4.78 is 38.6. The molecule has 2 atom stereocenters. The fourth-order valence-corrected chi connectivity index (χ4v) is 4.67. The molecule has 0 saturated heterocycles. The van der Waals surface area contributed by atoms with Crippen molar-refractivity contribution in [3.63, 3.8) is 0 Å². The number of carbonyl (C=O) groups excluding carboxylic acids is 2. The molecule has 1 saturated carbocycles. The fraction of sp³-hybridized carbons (Fsp3) is 0.500. The Morgan fingerprint density at radius 2 is 2.00 bits per heavy atom. The lowest BCUT2D eigenvalue weighted by atomic mass is 9.85. The first kappa shape index (κ1) is 20.8. The lowest BCUT2D eigenvalue weighted by Gasteiger charge is -2.31. The van der Waals surface area contributed by atoms with Crippen LogP contribution in [-0.2, 0) is 22.4 Å². The first-order valence-corrected chi connectivity index (χ1v) is 10.7. The van der Waals surface area contributed by atoms with Gasteiger partial charge in [-0.3, -0.25) is 9.59 Å². The second-order valence-electron chi connectivity index (χ2n) is 6.79. The van der Waals surface area contributed by atoms with Gasteiger partial charge < -0.3 is 10.6 Å². The normalized spacial score (nSPS) is 20.0. The lowest BCUT2D eigenvalue weighted by molar-refractivity contribution is -0.184. The number of rotatable bonds is 6. The quantitative estimate of drug-likeness (QED) is 0.721. The van der Waals surface area contributed by atoms with Crippen molar-refractivity contribution in [3.05, 3.63) is 33.5 Å². The van der Waals surface area contributed by atoms with Crippen molar-refractivity contribution in [2.75, 3.05) is 5.32 Å². The van der Waals surface area contributed by atoms with Gasteiger partial charge >= 0.3 is 6.18 Å². The van der Waals surface area contributed by atoms with Gasteiger partial charge in [0.1, 0.15) is 0 Å². The van der Waals surface area contributed by atoms with Gasteiger partial charge in [-0.1, -0.05) is 12.5 Å². The number of anilines is 1. The number of hydrogen-bond acceptors (Lipinski definition) is 5. The minimum atomic E-state index is -4.21. The summed E-state index contributed by atoms with van der Waals surface area (Å²) >= 11 is 2.71. The van der Waals surface area contributed by atoms with Crippen LogP contribution < -0.4 is 10.6 Å². The van der Waals surface area contributed by atoms with Crippen LogP contribution in [0.5, 0.6) is 0 Å². The Morgan fingerprint density at radius 1 is 1.18 bits per heavy atom. The molecule has 28 heavy (non-hydrogen) atoms. The van der Waals surface area contributed by atoms with E-state index in [0.717, 1.165) is 4.88 Å². The molecule has 0 bridgehead atoms. The van der Waals surface area contributed by atoms with Crippen molar-refractivity contribution < 1.29 is 22.8 Å². The highest BCUT2D eigenvalue weighted by atomic mass is 32.1. The summed E-state index contributed by atoms with van der Waals surface area (Å²) in [5, 5.41) is 9.35. The average Bonchev–Trinajstić information content (AvgIpc) is 3.26. The molecule has 0 aliphatic heterocycles. The first-order valence-electron chi connectivity index (χ1n) is 8.92. The molecule has 2 unspecified atom stereocenters. The molecule has 2 aromatic heterocycles. The predicted octanol–water partition coefficient (Wildman–Crippen LogP) is 4.17. The predicted molar refractivity (Wildman–Crippen MR) is 102 cm³/mol. The molecule has 10 heteroatoms. The van der Waals surface area contributed by atoms with Crippen LogP contribution >= 0.6 is 22.7 Å². The second kappa shape index (κ2) is 9.04. The van der Waals surface area contributed by atoms with Crippen LogP contribution in [0.3, 0.4) is 0 Å². The molecule has 1 aliphatic rings. The largest absolute Gasteiger partial charge is 0.391 e. The maximum Gasteiger partial charge on any atom is 0.391 e. The summed E-state index contributed by atoms with van der Waals surface area (Å²) in [7, 11) is 0. The van der Waals surface area contributed by atoms with E-state index in [2.05, 4.69) is 15.6 Å². The van der Waals surface area contributed by atoms with Crippen LogP contribution in [0.15, 0.2) is 22.9 Å². The third-order valence-corrected chi connectivity index (χ3v) is 6.24. The number of carbonyl (C=O) groups is 2. The summed E-state index contributed by atoms with van der Waals surface area (Å²) in [6.07, 6.45) is -2.92. The third kappa shape index (κ3) is 6.03. The third-order valence-electron chi connectivity index (χ3n) is 4.56. The molecule has 1 aliphatic carbocycles. The number of halogens is 3. The van der Waals surface area contributed by atoms with Crippen LogP contribution in [0, 0.1) is 5.92 Å². The molecule has 2 heterocycles. The van der Waals surface area contributed by atoms with Gasteiger partial charge in [0.05, 0.1) is 24.5 Å². The number of hydrogen-bond donors (Lipinski definition) is 2. The Hall–Kier alpha value is -1.94. The van der Waals surface area contributed by atoms with Crippen LogP contribution in [-0.4, -0.2) is 29.0 Å². The molecular formula is C18H20F3N3O2S2. The van der Waals surface area contributed by atoms with Crippen molar-refractivity contribution in [2.45, 2.75) is 50.7 Å². The number of nitrogens with zero attached hydrogens (tertiary/aromatic N) is 1. The Kier molecular flexibility index (Phi) is 6.71. The van der Waals surface area contributed by atoms with Gasteiger partial charge in [0.25, 0.3) is 0 Å². The number of nitrogens with one attached hydrogen (secondary N) is 2. The Labute approximate surface area is 168 Å². The van der Waals surface area contributed by atoms with Crippen LogP contribution in [0.25, 0.3) is 0 Å². The maximum absolute atomic E-state index is 12.9. The number of aromatic nitrogens is 1. The standard InChI is InChI=1S/C18H20F3N3O2S2/c19-18(20,21)11-3-1-4-12(7-11)22-15(25)8-13-10-28-17(23-13)24-16(26)9-14-5-2-6-27-14/h2,5-6,10-12H,1,3-4,7-9H2,(H,22,25)(H,23,24,26). The summed E-state index contributed by atoms with van der Waals surface area (Å²) in [6.45, 7) is 0. The minimum Gasteiger partial charge on any atom is -0.353 e. The van der Waals surface area contributed by atoms with Gasteiger partial charge in [0.2, 0.25) is 11.8 Å². The Balaban J connectivity index is 1.46. The zero-order valence-corrected chi connectivity index (χ0v) is 16.6. The van der Waals surface area contributed by atoms with Crippen molar-refractivity contribution in [1.82, 2.24) is 10.3 Å². The molecular weight excluding hydrogens is 411 g/mol. The summed E-state index contributed by atoms with van der Waals surface area (Å²) in [6, 6.07) is 3.28. The van der Waals surface area contributed by atoms with E-state index in [4.69, 9.17) is 0 Å². The monoisotopic (exact) mass is 431 g/mol. The smallest absolute Gasteiger partial charge is 0.353 e. The summed E-state index contributed by atoms with van der Waals surface area (Å²) in [4.78, 5) is 29.3. The van der Waals surface area contributed by atoms with Crippen LogP contribution in [0.1, 0.15) is 36.3 Å². The summed E-state index contributed by atoms with van der Waals surface area (Å²) in [5.74, 6) is -1.89. The van der Waals surface area contributed by atoms with Crippen LogP contribution in [0.2, 0.25) is 0 Å². The zero-order chi connectivity index (χ0) is 20.1. The van der Waals surface area contributed by atoms with Gasteiger partial charge in [0.15, 0.2) is 5.13 Å². The number of thiophene rings is 1. The van der Waals surface area contributed by atoms with Gasteiger partial charge in [0, 0.05) is 16.3 Å². The topological polar surface area (TPSA) is 71.1 Å². The number of thiazole rings is 1. The van der Waals surface area contributed by atoms with E-state index >= 15 is 0 Å². The molecule has 152 valence electrons. The molecule has 2 amide bonds. The molecule has 1 fully saturated rings.